The zero-order chi connectivity index (χ0) is 17.2. The van der Waals surface area contributed by atoms with Crippen LogP contribution in [0.1, 0.15) is 56.6 Å². The van der Waals surface area contributed by atoms with E-state index in [-0.39, 0.29) is 17.6 Å². The predicted octanol–water partition coefficient (Wildman–Crippen LogP) is 1.93. The molecule has 1 saturated carbocycles. The Labute approximate surface area is 148 Å². The number of likely N-dealkylation sites (tertiary alicyclic amines) is 1. The van der Waals surface area contributed by atoms with Gasteiger partial charge in [-0.25, -0.2) is 4.98 Å². The minimum absolute atomic E-state index is 0.0637. The van der Waals surface area contributed by atoms with Gasteiger partial charge in [-0.1, -0.05) is 0 Å². The van der Waals surface area contributed by atoms with E-state index >= 15 is 0 Å². The van der Waals surface area contributed by atoms with Crippen LogP contribution in [0.4, 0.5) is 0 Å². The zero-order valence-electron chi connectivity index (χ0n) is 14.7. The topological polar surface area (TPSA) is 64.4 Å². The summed E-state index contributed by atoms with van der Waals surface area (Å²) in [5.74, 6) is 1.18. The molecule has 1 aliphatic carbocycles. The van der Waals surface area contributed by atoms with Gasteiger partial charge < -0.3 is 9.64 Å². The Kier molecular flexibility index (Phi) is 4.88. The van der Waals surface area contributed by atoms with Crippen molar-refractivity contribution in [2.24, 2.45) is 5.92 Å². The van der Waals surface area contributed by atoms with E-state index in [2.05, 4.69) is 4.98 Å². The lowest BCUT2D eigenvalue weighted by molar-refractivity contribution is -0.134. The van der Waals surface area contributed by atoms with Crippen molar-refractivity contribution in [1.82, 2.24) is 14.5 Å². The van der Waals surface area contributed by atoms with Gasteiger partial charge in [0.15, 0.2) is 0 Å². The number of carbonyl (C=O) groups excluding carboxylic acids is 1. The second-order valence-corrected chi connectivity index (χ2v) is 7.74. The number of nitrogens with zero attached hydrogens (tertiary/aromatic N) is 3. The van der Waals surface area contributed by atoms with Gasteiger partial charge in [-0.05, 0) is 44.4 Å². The Morgan fingerprint density at radius 1 is 1.20 bits per heavy atom. The molecule has 6 heteroatoms. The van der Waals surface area contributed by atoms with Crippen LogP contribution in [-0.2, 0) is 16.1 Å². The summed E-state index contributed by atoms with van der Waals surface area (Å²) in [6.07, 6.45) is 8.67. The molecule has 6 nitrogen and oxygen atoms in total. The molecule has 0 N–H and O–H groups in total. The number of aromatic nitrogens is 2. The molecule has 0 aromatic carbocycles. The highest BCUT2D eigenvalue weighted by Gasteiger charge is 2.28. The summed E-state index contributed by atoms with van der Waals surface area (Å²) in [6.45, 7) is 3.09. The summed E-state index contributed by atoms with van der Waals surface area (Å²) < 4.78 is 7.30. The molecule has 3 heterocycles. The highest BCUT2D eigenvalue weighted by Crippen LogP contribution is 2.38. The molecule has 1 unspecified atom stereocenters. The van der Waals surface area contributed by atoms with Crippen molar-refractivity contribution >= 4 is 5.91 Å². The first-order valence-electron chi connectivity index (χ1n) is 9.65. The van der Waals surface area contributed by atoms with E-state index in [0.717, 1.165) is 63.9 Å². The Morgan fingerprint density at radius 2 is 2.00 bits per heavy atom. The number of hydrogen-bond acceptors (Lipinski definition) is 4. The van der Waals surface area contributed by atoms with Gasteiger partial charge in [-0.15, -0.1) is 0 Å². The van der Waals surface area contributed by atoms with E-state index in [1.807, 2.05) is 4.90 Å². The number of amides is 1. The van der Waals surface area contributed by atoms with Crippen molar-refractivity contribution in [2.45, 2.75) is 63.5 Å². The maximum Gasteiger partial charge on any atom is 0.253 e. The number of piperidine rings is 1. The molecular weight excluding hydrogens is 318 g/mol. The minimum atomic E-state index is 0.0637. The quantitative estimate of drug-likeness (QED) is 0.818. The monoisotopic (exact) mass is 345 g/mol. The molecule has 136 valence electrons. The molecule has 25 heavy (non-hydrogen) atoms. The van der Waals surface area contributed by atoms with Gasteiger partial charge in [0, 0.05) is 38.2 Å². The molecule has 0 bridgehead atoms. The predicted molar refractivity (Wildman–Crippen MR) is 93.4 cm³/mol. The van der Waals surface area contributed by atoms with Crippen LogP contribution in [0.3, 0.4) is 0 Å². The molecule has 0 radical (unpaired) electrons. The van der Waals surface area contributed by atoms with Gasteiger partial charge in [0.1, 0.15) is 0 Å². The lowest BCUT2D eigenvalue weighted by Crippen LogP contribution is -2.41. The normalized spacial score (nSPS) is 24.6. The Bertz CT molecular complexity index is 669. The zero-order valence-corrected chi connectivity index (χ0v) is 14.7. The average Bonchev–Trinajstić information content (AvgIpc) is 3.35. The molecule has 4 rings (SSSR count). The van der Waals surface area contributed by atoms with Gasteiger partial charge in [0.25, 0.3) is 5.56 Å². The summed E-state index contributed by atoms with van der Waals surface area (Å²) in [4.78, 5) is 31.0. The lowest BCUT2D eigenvalue weighted by atomic mass is 9.96. The fourth-order valence-electron chi connectivity index (χ4n) is 3.95. The highest BCUT2D eigenvalue weighted by molar-refractivity contribution is 5.76. The number of carbonyl (C=O) groups is 1. The molecule has 1 aromatic heterocycles. The summed E-state index contributed by atoms with van der Waals surface area (Å²) >= 11 is 0. The van der Waals surface area contributed by atoms with Gasteiger partial charge in [-0.3, -0.25) is 14.2 Å². The van der Waals surface area contributed by atoms with Gasteiger partial charge in [0.2, 0.25) is 5.91 Å². The second kappa shape index (κ2) is 7.28. The van der Waals surface area contributed by atoms with Crippen LogP contribution in [0.5, 0.6) is 0 Å². The summed E-state index contributed by atoms with van der Waals surface area (Å²) in [5.41, 5.74) is 1.02. The third-order valence-corrected chi connectivity index (χ3v) is 5.74. The van der Waals surface area contributed by atoms with Crippen LogP contribution >= 0.6 is 0 Å². The molecule has 1 aromatic rings. The summed E-state index contributed by atoms with van der Waals surface area (Å²) in [5, 5.41) is 0. The fraction of sp³-hybridized carbons (Fsp3) is 0.737. The largest absolute Gasteiger partial charge is 0.378 e. The lowest BCUT2D eigenvalue weighted by Gasteiger charge is -2.32. The van der Waals surface area contributed by atoms with Crippen molar-refractivity contribution in [3.63, 3.8) is 0 Å². The molecule has 3 aliphatic rings. The molecule has 2 saturated heterocycles. The van der Waals surface area contributed by atoms with E-state index < -0.39 is 0 Å². The first-order valence-corrected chi connectivity index (χ1v) is 9.65. The van der Waals surface area contributed by atoms with Crippen molar-refractivity contribution in [3.05, 3.63) is 28.4 Å². The Hall–Kier alpha value is -1.69. The van der Waals surface area contributed by atoms with Crippen molar-refractivity contribution in [2.75, 3.05) is 19.7 Å². The standard InChI is InChI=1S/C19H27N3O3/c23-18(10-16-2-1-9-25-16)21-7-5-14(6-8-21)12-22-13-20-17(11-19(22)24)15-3-4-15/h11,13-16H,1-10,12H2. The number of hydrogen-bond donors (Lipinski definition) is 0. The molecular formula is C19H27N3O3. The van der Waals surface area contributed by atoms with Gasteiger partial charge in [-0.2, -0.15) is 0 Å². The van der Waals surface area contributed by atoms with Gasteiger partial charge in [0.05, 0.1) is 24.5 Å². The third kappa shape index (κ3) is 4.11. The van der Waals surface area contributed by atoms with E-state index in [1.54, 1.807) is 17.0 Å². The highest BCUT2D eigenvalue weighted by atomic mass is 16.5. The van der Waals surface area contributed by atoms with Crippen LogP contribution in [0.15, 0.2) is 17.2 Å². The van der Waals surface area contributed by atoms with Crippen LogP contribution in [0.25, 0.3) is 0 Å². The van der Waals surface area contributed by atoms with Crippen LogP contribution in [0, 0.1) is 5.92 Å². The Balaban J connectivity index is 1.27. The summed E-state index contributed by atoms with van der Waals surface area (Å²) in [7, 11) is 0. The number of rotatable bonds is 5. The molecule has 2 aliphatic heterocycles. The van der Waals surface area contributed by atoms with Crippen molar-refractivity contribution < 1.29 is 9.53 Å². The second-order valence-electron chi connectivity index (χ2n) is 7.74. The molecule has 1 amide bonds. The van der Waals surface area contributed by atoms with Crippen LogP contribution < -0.4 is 5.56 Å². The number of ether oxygens (including phenoxy) is 1. The molecule has 3 fully saturated rings. The van der Waals surface area contributed by atoms with E-state index in [1.165, 1.54) is 0 Å². The average molecular weight is 345 g/mol. The van der Waals surface area contributed by atoms with E-state index in [9.17, 15) is 9.59 Å². The maximum absolute atomic E-state index is 12.4. The minimum Gasteiger partial charge on any atom is -0.378 e. The van der Waals surface area contributed by atoms with Crippen LogP contribution in [0.2, 0.25) is 0 Å². The smallest absolute Gasteiger partial charge is 0.253 e. The van der Waals surface area contributed by atoms with Crippen molar-refractivity contribution in [3.8, 4) is 0 Å². The van der Waals surface area contributed by atoms with Crippen LogP contribution in [-0.4, -0.2) is 46.2 Å². The van der Waals surface area contributed by atoms with Crippen molar-refractivity contribution in [1.29, 1.82) is 0 Å². The first-order chi connectivity index (χ1) is 12.2. The summed E-state index contributed by atoms with van der Waals surface area (Å²) in [6, 6.07) is 1.71. The molecule has 1 atom stereocenters. The van der Waals surface area contributed by atoms with Gasteiger partial charge >= 0.3 is 0 Å². The SMILES string of the molecule is O=C(CC1CCCO1)N1CCC(Cn2cnc(C3CC3)cc2=O)CC1. The molecule has 0 spiro atoms. The van der Waals surface area contributed by atoms with E-state index in [4.69, 9.17) is 4.74 Å². The Morgan fingerprint density at radius 3 is 2.64 bits per heavy atom. The third-order valence-electron chi connectivity index (χ3n) is 5.74. The first kappa shape index (κ1) is 16.8. The maximum atomic E-state index is 12.4. The van der Waals surface area contributed by atoms with E-state index in [0.29, 0.717) is 24.8 Å². The fourth-order valence-corrected chi connectivity index (χ4v) is 3.95.